The Labute approximate surface area is 206 Å². The first-order valence-electron chi connectivity index (χ1n) is 10.1. The van der Waals surface area contributed by atoms with E-state index in [9.17, 15) is 23.3 Å². The second-order valence-electron chi connectivity index (χ2n) is 7.18. The number of hydrogen-bond donors (Lipinski definition) is 0. The predicted octanol–water partition coefficient (Wildman–Crippen LogP) is 5.47. The molecule has 0 aliphatic carbocycles. The van der Waals surface area contributed by atoms with Gasteiger partial charge in [-0.1, -0.05) is 47.5 Å². The van der Waals surface area contributed by atoms with Crippen molar-refractivity contribution < 1.29 is 22.9 Å². The summed E-state index contributed by atoms with van der Waals surface area (Å²) in [6.45, 7) is 1.75. The lowest BCUT2D eigenvalue weighted by Crippen LogP contribution is -2.30. The molecule has 0 radical (unpaired) electrons. The lowest BCUT2D eigenvalue weighted by Gasteiger charge is -2.23. The van der Waals surface area contributed by atoms with Crippen molar-refractivity contribution in [1.82, 2.24) is 4.31 Å². The molecule has 0 spiro atoms. The maximum Gasteiger partial charge on any atom is 0.338 e. The molecule has 0 N–H and O–H groups in total. The van der Waals surface area contributed by atoms with E-state index < -0.39 is 20.9 Å². The standard InChI is InChI=1S/C23H20Cl2N2O6S/c1-2-33-23(28)17-8-6-16(7-9-17)14-26(15-18-10-11-19(24)12-22(18)25)34(31,32)21-5-3-4-20(13-21)27(29)30/h3-13H,2,14-15H2,1H3. The Morgan fingerprint density at radius 2 is 1.74 bits per heavy atom. The zero-order valence-electron chi connectivity index (χ0n) is 18.0. The van der Waals surface area contributed by atoms with Crippen LogP contribution in [-0.4, -0.2) is 30.2 Å². The molecule has 0 heterocycles. The van der Waals surface area contributed by atoms with E-state index in [1.165, 1.54) is 24.3 Å². The Kier molecular flexibility index (Phi) is 8.27. The number of halogens is 2. The number of benzene rings is 3. The van der Waals surface area contributed by atoms with E-state index in [0.29, 0.717) is 21.7 Å². The maximum atomic E-state index is 13.5. The van der Waals surface area contributed by atoms with Gasteiger partial charge in [0.15, 0.2) is 0 Å². The van der Waals surface area contributed by atoms with E-state index in [0.717, 1.165) is 10.4 Å². The molecule has 3 rings (SSSR count). The number of rotatable bonds is 9. The second kappa shape index (κ2) is 11.0. The molecule has 0 fully saturated rings. The lowest BCUT2D eigenvalue weighted by molar-refractivity contribution is -0.385. The van der Waals surface area contributed by atoms with Crippen molar-refractivity contribution in [2.24, 2.45) is 0 Å². The summed E-state index contributed by atoms with van der Waals surface area (Å²) < 4.78 is 33.2. The van der Waals surface area contributed by atoms with Crippen molar-refractivity contribution in [3.8, 4) is 0 Å². The summed E-state index contributed by atoms with van der Waals surface area (Å²) in [4.78, 5) is 22.2. The fraction of sp³-hybridized carbons (Fsp3) is 0.174. The molecule has 3 aromatic rings. The Hall–Kier alpha value is -2.98. The Morgan fingerprint density at radius 1 is 1.03 bits per heavy atom. The Bertz CT molecular complexity index is 1310. The molecular weight excluding hydrogens is 503 g/mol. The molecule has 0 aromatic heterocycles. The molecule has 0 atom stereocenters. The van der Waals surface area contributed by atoms with Gasteiger partial charge in [0.05, 0.1) is 22.0 Å². The van der Waals surface area contributed by atoms with Crippen LogP contribution >= 0.6 is 23.2 Å². The van der Waals surface area contributed by atoms with E-state index in [1.54, 1.807) is 43.3 Å². The number of nitro groups is 1. The lowest BCUT2D eigenvalue weighted by atomic mass is 10.1. The highest BCUT2D eigenvalue weighted by Gasteiger charge is 2.27. The van der Waals surface area contributed by atoms with Crippen LogP contribution in [-0.2, 0) is 27.8 Å². The van der Waals surface area contributed by atoms with Gasteiger partial charge in [-0.25, -0.2) is 13.2 Å². The van der Waals surface area contributed by atoms with E-state index in [2.05, 4.69) is 0 Å². The van der Waals surface area contributed by atoms with Gasteiger partial charge >= 0.3 is 5.97 Å². The van der Waals surface area contributed by atoms with Crippen LogP contribution in [0.1, 0.15) is 28.4 Å². The Balaban J connectivity index is 1.99. The molecule has 0 aliphatic heterocycles. The number of ether oxygens (including phenoxy) is 1. The van der Waals surface area contributed by atoms with Crippen molar-refractivity contribution in [1.29, 1.82) is 0 Å². The average Bonchev–Trinajstić information content (AvgIpc) is 2.81. The van der Waals surface area contributed by atoms with Gasteiger partial charge in [0.2, 0.25) is 10.0 Å². The highest BCUT2D eigenvalue weighted by molar-refractivity contribution is 7.89. The zero-order chi connectivity index (χ0) is 24.9. The van der Waals surface area contributed by atoms with Crippen LogP contribution in [0, 0.1) is 10.1 Å². The van der Waals surface area contributed by atoms with Gasteiger partial charge in [0.1, 0.15) is 0 Å². The number of carbonyl (C=O) groups excluding carboxylic acids is 1. The van der Waals surface area contributed by atoms with E-state index in [1.807, 2.05) is 0 Å². The number of sulfonamides is 1. The number of hydrogen-bond acceptors (Lipinski definition) is 6. The molecule has 34 heavy (non-hydrogen) atoms. The van der Waals surface area contributed by atoms with Gasteiger partial charge < -0.3 is 4.74 Å². The zero-order valence-corrected chi connectivity index (χ0v) is 20.3. The first kappa shape index (κ1) is 25.6. The highest BCUT2D eigenvalue weighted by atomic mass is 35.5. The van der Waals surface area contributed by atoms with Crippen LogP contribution in [0.4, 0.5) is 5.69 Å². The molecular formula is C23H20Cl2N2O6S. The average molecular weight is 523 g/mol. The molecule has 0 unspecified atom stereocenters. The van der Waals surface area contributed by atoms with Crippen molar-refractivity contribution >= 4 is 44.9 Å². The maximum absolute atomic E-state index is 13.5. The molecule has 0 bridgehead atoms. The molecule has 0 saturated heterocycles. The van der Waals surface area contributed by atoms with Crippen molar-refractivity contribution in [2.75, 3.05) is 6.61 Å². The van der Waals surface area contributed by atoms with Crippen molar-refractivity contribution in [3.05, 3.63) is 104 Å². The monoisotopic (exact) mass is 522 g/mol. The quantitative estimate of drug-likeness (QED) is 0.209. The molecule has 8 nitrogen and oxygen atoms in total. The van der Waals surface area contributed by atoms with Crippen LogP contribution in [0.15, 0.2) is 71.6 Å². The molecule has 0 amide bonds. The van der Waals surface area contributed by atoms with Crippen LogP contribution < -0.4 is 0 Å². The minimum absolute atomic E-state index is 0.0763. The summed E-state index contributed by atoms with van der Waals surface area (Å²) >= 11 is 12.2. The summed E-state index contributed by atoms with van der Waals surface area (Å²) in [6, 6.07) is 15.9. The highest BCUT2D eigenvalue weighted by Crippen LogP contribution is 2.28. The summed E-state index contributed by atoms with van der Waals surface area (Å²) in [5.74, 6) is -0.483. The van der Waals surface area contributed by atoms with Gasteiger partial charge in [-0.3, -0.25) is 10.1 Å². The van der Waals surface area contributed by atoms with E-state index in [-0.39, 0.29) is 35.3 Å². The third kappa shape index (κ3) is 6.12. The molecule has 0 saturated carbocycles. The Morgan fingerprint density at radius 3 is 2.35 bits per heavy atom. The van der Waals surface area contributed by atoms with Gasteiger partial charge in [0.25, 0.3) is 5.69 Å². The first-order valence-corrected chi connectivity index (χ1v) is 12.3. The largest absolute Gasteiger partial charge is 0.462 e. The molecule has 3 aromatic carbocycles. The number of nitro benzene ring substituents is 1. The van der Waals surface area contributed by atoms with Crippen molar-refractivity contribution in [3.63, 3.8) is 0 Å². The van der Waals surface area contributed by atoms with Gasteiger partial charge in [-0.15, -0.1) is 0 Å². The van der Waals surface area contributed by atoms with Gasteiger partial charge in [-0.2, -0.15) is 4.31 Å². The first-order chi connectivity index (χ1) is 16.1. The van der Waals surface area contributed by atoms with Gasteiger partial charge in [0, 0.05) is 35.3 Å². The topological polar surface area (TPSA) is 107 Å². The fourth-order valence-corrected chi connectivity index (χ4v) is 5.05. The number of carbonyl (C=O) groups is 1. The third-order valence-corrected chi connectivity index (χ3v) is 7.23. The number of esters is 1. The van der Waals surface area contributed by atoms with Crippen LogP contribution in [0.3, 0.4) is 0 Å². The normalized spacial score (nSPS) is 11.4. The second-order valence-corrected chi connectivity index (χ2v) is 9.96. The van der Waals surface area contributed by atoms with Gasteiger partial charge in [-0.05, 0) is 48.4 Å². The molecule has 0 aliphatic rings. The third-order valence-electron chi connectivity index (χ3n) is 4.85. The van der Waals surface area contributed by atoms with Crippen LogP contribution in [0.5, 0.6) is 0 Å². The molecule has 11 heteroatoms. The number of nitrogens with zero attached hydrogens (tertiary/aromatic N) is 2. The summed E-state index contributed by atoms with van der Waals surface area (Å²) in [7, 11) is -4.17. The smallest absolute Gasteiger partial charge is 0.338 e. The minimum atomic E-state index is -4.17. The van der Waals surface area contributed by atoms with E-state index >= 15 is 0 Å². The summed E-state index contributed by atoms with van der Waals surface area (Å²) in [5, 5.41) is 11.9. The summed E-state index contributed by atoms with van der Waals surface area (Å²) in [6.07, 6.45) is 0. The van der Waals surface area contributed by atoms with Crippen LogP contribution in [0.2, 0.25) is 10.0 Å². The van der Waals surface area contributed by atoms with Crippen molar-refractivity contribution in [2.45, 2.75) is 24.9 Å². The minimum Gasteiger partial charge on any atom is -0.462 e. The fourth-order valence-electron chi connectivity index (χ4n) is 3.14. The molecule has 178 valence electrons. The summed E-state index contributed by atoms with van der Waals surface area (Å²) in [5.41, 5.74) is 1.08. The van der Waals surface area contributed by atoms with E-state index in [4.69, 9.17) is 27.9 Å². The van der Waals surface area contributed by atoms with Crippen LogP contribution in [0.25, 0.3) is 0 Å². The SMILES string of the molecule is CCOC(=O)c1ccc(CN(Cc2ccc(Cl)cc2Cl)S(=O)(=O)c2cccc([N+](=O)[O-])c2)cc1. The predicted molar refractivity (Wildman–Crippen MR) is 128 cm³/mol. The number of non-ortho nitro benzene ring substituents is 1.